The summed E-state index contributed by atoms with van der Waals surface area (Å²) in [5, 5.41) is 5.07. The lowest BCUT2D eigenvalue weighted by Crippen LogP contribution is -2.37. The maximum Gasteiger partial charge on any atom is 0.137 e. The number of hydrogen-bond acceptors (Lipinski definition) is 2. The van der Waals surface area contributed by atoms with E-state index in [0.29, 0.717) is 0 Å². The van der Waals surface area contributed by atoms with E-state index in [9.17, 15) is 0 Å². The summed E-state index contributed by atoms with van der Waals surface area (Å²) in [5.41, 5.74) is 10.9. The molecule has 0 aliphatic carbocycles. The fraction of sp³-hybridized carbons (Fsp3) is 0.0238. The number of pyridine rings is 1. The topological polar surface area (TPSA) is 22.8 Å². The van der Waals surface area contributed by atoms with Crippen LogP contribution in [-0.4, -0.2) is 14.1 Å². The zero-order valence-corrected chi connectivity index (χ0v) is 25.5. The molecule has 9 aromatic rings. The number of rotatable bonds is 1. The first kappa shape index (κ1) is 24.7. The molecule has 11 rings (SSSR count). The third kappa shape index (κ3) is 2.85. The Hall–Kier alpha value is -5.58. The van der Waals surface area contributed by atoms with E-state index in [-0.39, 0.29) is 0 Å². The van der Waals surface area contributed by atoms with Gasteiger partial charge in [0.05, 0.1) is 33.2 Å². The van der Waals surface area contributed by atoms with Gasteiger partial charge in [0.25, 0.3) is 0 Å². The first-order chi connectivity index (χ1) is 22.9. The Morgan fingerprint density at radius 3 is 1.93 bits per heavy atom. The molecule has 6 aromatic carbocycles. The summed E-state index contributed by atoms with van der Waals surface area (Å²) in [7, 11) is 0. The van der Waals surface area contributed by atoms with E-state index in [1.54, 1.807) is 0 Å². The minimum absolute atomic E-state index is 0.517. The fourth-order valence-corrected chi connectivity index (χ4v) is 9.88. The van der Waals surface area contributed by atoms with Crippen molar-refractivity contribution in [3.63, 3.8) is 0 Å². The zero-order chi connectivity index (χ0) is 30.0. The van der Waals surface area contributed by atoms with Crippen LogP contribution < -0.4 is 0 Å². The average molecular weight is 604 g/mol. The van der Waals surface area contributed by atoms with E-state index in [1.807, 2.05) is 24.0 Å². The number of aromatic nitrogens is 3. The van der Waals surface area contributed by atoms with Crippen molar-refractivity contribution < 1.29 is 0 Å². The summed E-state index contributed by atoms with van der Waals surface area (Å²) >= 11 is 1.90. The number of para-hydroxylation sites is 4. The molecule has 5 heterocycles. The van der Waals surface area contributed by atoms with Crippen molar-refractivity contribution in [2.45, 2.75) is 15.2 Å². The summed E-state index contributed by atoms with van der Waals surface area (Å²) in [6.07, 6.45) is 1.90. The fourth-order valence-electron chi connectivity index (χ4n) is 8.55. The van der Waals surface area contributed by atoms with E-state index in [4.69, 9.17) is 4.98 Å². The monoisotopic (exact) mass is 603 g/mol. The molecule has 214 valence electrons. The first-order valence-electron chi connectivity index (χ1n) is 15.7. The Morgan fingerprint density at radius 2 is 1.11 bits per heavy atom. The van der Waals surface area contributed by atoms with Crippen LogP contribution in [0.5, 0.6) is 0 Å². The van der Waals surface area contributed by atoms with Crippen LogP contribution in [0.25, 0.3) is 55.1 Å². The van der Waals surface area contributed by atoms with Crippen molar-refractivity contribution in [1.29, 1.82) is 0 Å². The second-order valence-electron chi connectivity index (χ2n) is 12.3. The lowest BCUT2D eigenvalue weighted by molar-refractivity contribution is 0.691. The molecule has 1 unspecified atom stereocenters. The summed E-state index contributed by atoms with van der Waals surface area (Å²) in [6, 6.07) is 53.7. The maximum atomic E-state index is 4.89. The lowest BCUT2D eigenvalue weighted by Gasteiger charge is -2.45. The van der Waals surface area contributed by atoms with E-state index >= 15 is 0 Å². The Bertz CT molecular complexity index is 2740. The zero-order valence-electron chi connectivity index (χ0n) is 24.7. The molecule has 1 atom stereocenters. The summed E-state index contributed by atoms with van der Waals surface area (Å²) in [4.78, 5) is 7.47. The molecular formula is C42H25N3S. The van der Waals surface area contributed by atoms with Crippen molar-refractivity contribution in [1.82, 2.24) is 14.1 Å². The van der Waals surface area contributed by atoms with Crippen LogP contribution in [0.4, 0.5) is 0 Å². The highest BCUT2D eigenvalue weighted by atomic mass is 32.2. The molecule has 0 radical (unpaired) electrons. The Balaban J connectivity index is 1.39. The highest BCUT2D eigenvalue weighted by molar-refractivity contribution is 7.99. The molecule has 1 spiro atoms. The predicted octanol–water partition coefficient (Wildman–Crippen LogP) is 10.4. The molecule has 2 aliphatic rings. The van der Waals surface area contributed by atoms with Crippen LogP contribution in [0.2, 0.25) is 0 Å². The Labute approximate surface area is 269 Å². The van der Waals surface area contributed by atoms with Gasteiger partial charge in [0, 0.05) is 37.5 Å². The molecule has 0 bridgehead atoms. The van der Waals surface area contributed by atoms with Crippen molar-refractivity contribution in [2.75, 3.05) is 0 Å². The van der Waals surface area contributed by atoms with Gasteiger partial charge in [0.1, 0.15) is 5.82 Å². The molecule has 0 fully saturated rings. The van der Waals surface area contributed by atoms with Crippen LogP contribution in [-0.2, 0) is 5.41 Å². The Morgan fingerprint density at radius 1 is 0.457 bits per heavy atom. The van der Waals surface area contributed by atoms with Gasteiger partial charge in [0.2, 0.25) is 0 Å². The largest absolute Gasteiger partial charge is 0.309 e. The molecule has 0 N–H and O–H groups in total. The summed E-state index contributed by atoms with van der Waals surface area (Å²) < 4.78 is 4.89. The van der Waals surface area contributed by atoms with Crippen LogP contribution in [0.15, 0.2) is 162 Å². The highest BCUT2D eigenvalue weighted by Gasteiger charge is 2.50. The van der Waals surface area contributed by atoms with E-state index in [0.717, 1.165) is 5.82 Å². The molecule has 0 saturated carbocycles. The van der Waals surface area contributed by atoms with Gasteiger partial charge in [-0.05, 0) is 58.7 Å². The van der Waals surface area contributed by atoms with Gasteiger partial charge in [-0.3, -0.25) is 4.57 Å². The van der Waals surface area contributed by atoms with E-state index in [1.165, 1.54) is 81.3 Å². The maximum absolute atomic E-state index is 4.89. The van der Waals surface area contributed by atoms with Crippen LogP contribution in [0.3, 0.4) is 0 Å². The number of nitrogens with zero attached hydrogens (tertiary/aromatic N) is 3. The van der Waals surface area contributed by atoms with Gasteiger partial charge in [-0.2, -0.15) is 0 Å². The molecule has 0 saturated heterocycles. The standard InChI is InChI=1S/C42H25N3S/c1-5-18-34-26(12-1)28-14-11-17-32-39(28)44(34)36-20-7-3-15-30(36)42(32)31-16-4-8-21-37(31)46-41-33(42)24-23-29-27-13-2-6-19-35(27)45(40(29)41)38-22-9-10-25-43-38/h1-25H. The summed E-state index contributed by atoms with van der Waals surface area (Å²) in [6.45, 7) is 0. The number of fused-ring (bicyclic) bond motifs is 15. The molecule has 46 heavy (non-hydrogen) atoms. The molecular weight excluding hydrogens is 579 g/mol. The highest BCUT2D eigenvalue weighted by Crippen LogP contribution is 2.61. The molecule has 0 amide bonds. The number of hydrogen-bond donors (Lipinski definition) is 0. The van der Waals surface area contributed by atoms with Crippen molar-refractivity contribution in [3.05, 3.63) is 174 Å². The quantitative estimate of drug-likeness (QED) is 0.186. The second kappa shape index (κ2) is 8.78. The van der Waals surface area contributed by atoms with Crippen molar-refractivity contribution in [3.8, 4) is 11.5 Å². The second-order valence-corrected chi connectivity index (χ2v) is 13.4. The van der Waals surface area contributed by atoms with Crippen LogP contribution >= 0.6 is 11.8 Å². The molecule has 3 nitrogen and oxygen atoms in total. The third-order valence-corrected chi connectivity index (χ3v) is 11.4. The van der Waals surface area contributed by atoms with Crippen molar-refractivity contribution >= 4 is 55.4 Å². The SMILES string of the molecule is c1ccc(-n2c3ccccc3c3ccc4c(c32)Sc2ccccc2C42c3ccccc3-n3c4ccccc4c4cccc2c43)nc1. The van der Waals surface area contributed by atoms with Crippen LogP contribution in [0, 0.1) is 0 Å². The average Bonchev–Trinajstić information content (AvgIpc) is 3.65. The van der Waals surface area contributed by atoms with Gasteiger partial charge < -0.3 is 4.57 Å². The van der Waals surface area contributed by atoms with Gasteiger partial charge in [-0.1, -0.05) is 121 Å². The normalized spacial score (nSPS) is 16.3. The van der Waals surface area contributed by atoms with Gasteiger partial charge in [-0.25, -0.2) is 4.98 Å². The first-order valence-corrected chi connectivity index (χ1v) is 16.6. The minimum atomic E-state index is -0.517. The van der Waals surface area contributed by atoms with E-state index in [2.05, 4.69) is 149 Å². The van der Waals surface area contributed by atoms with Crippen LogP contribution in [0.1, 0.15) is 22.3 Å². The lowest BCUT2D eigenvalue weighted by atomic mass is 9.62. The third-order valence-electron chi connectivity index (χ3n) is 10.2. The Kier molecular flexibility index (Phi) is 4.71. The number of benzene rings is 6. The molecule has 3 aromatic heterocycles. The van der Waals surface area contributed by atoms with Crippen molar-refractivity contribution in [2.24, 2.45) is 0 Å². The minimum Gasteiger partial charge on any atom is -0.309 e. The van der Waals surface area contributed by atoms with Gasteiger partial charge >= 0.3 is 0 Å². The molecule has 2 aliphatic heterocycles. The van der Waals surface area contributed by atoms with Gasteiger partial charge in [-0.15, -0.1) is 0 Å². The van der Waals surface area contributed by atoms with E-state index < -0.39 is 5.41 Å². The summed E-state index contributed by atoms with van der Waals surface area (Å²) in [5.74, 6) is 0.932. The smallest absolute Gasteiger partial charge is 0.137 e. The predicted molar refractivity (Wildman–Crippen MR) is 189 cm³/mol. The van der Waals surface area contributed by atoms with Gasteiger partial charge in [0.15, 0.2) is 0 Å². The molecule has 4 heteroatoms.